The van der Waals surface area contributed by atoms with Gasteiger partial charge in [0, 0.05) is 31.5 Å². The zero-order chi connectivity index (χ0) is 11.8. The summed E-state index contributed by atoms with van der Waals surface area (Å²) in [6, 6.07) is 4.16. The van der Waals surface area contributed by atoms with Crippen LogP contribution in [0.4, 0.5) is 0 Å². The van der Waals surface area contributed by atoms with Crippen molar-refractivity contribution in [3.8, 4) is 0 Å². The summed E-state index contributed by atoms with van der Waals surface area (Å²) in [6.45, 7) is 8.49. The number of nitrogens with zero attached hydrogens (tertiary/aromatic N) is 2. The van der Waals surface area contributed by atoms with Crippen molar-refractivity contribution in [1.29, 1.82) is 0 Å². The van der Waals surface area contributed by atoms with Crippen LogP contribution in [0, 0.1) is 6.92 Å². The van der Waals surface area contributed by atoms with E-state index < -0.39 is 0 Å². The van der Waals surface area contributed by atoms with Crippen LogP contribution in [0.25, 0.3) is 0 Å². The first-order valence-electron chi connectivity index (χ1n) is 6.03. The molecule has 0 spiro atoms. The Morgan fingerprint density at radius 1 is 1.38 bits per heavy atom. The van der Waals surface area contributed by atoms with Crippen LogP contribution >= 0.6 is 0 Å². The number of hydrogen-bond donors (Lipinski definition) is 1. The van der Waals surface area contributed by atoms with Crippen molar-refractivity contribution >= 4 is 0 Å². The molecule has 16 heavy (non-hydrogen) atoms. The van der Waals surface area contributed by atoms with Crippen LogP contribution in [-0.4, -0.2) is 36.6 Å². The Labute approximate surface area is 98.9 Å². The Balaban J connectivity index is 2.28. The lowest BCUT2D eigenvalue weighted by atomic mass is 10.2. The van der Waals surface area contributed by atoms with Gasteiger partial charge in [0.05, 0.1) is 0 Å². The Hall–Kier alpha value is -0.930. The Morgan fingerprint density at radius 3 is 2.88 bits per heavy atom. The Morgan fingerprint density at radius 2 is 2.19 bits per heavy atom. The highest BCUT2D eigenvalue weighted by Gasteiger charge is 2.02. The molecule has 1 rings (SSSR count). The zero-order valence-electron chi connectivity index (χ0n) is 10.7. The maximum absolute atomic E-state index is 4.30. The number of nitrogens with one attached hydrogen (secondary N) is 1. The number of hydrogen-bond acceptors (Lipinski definition) is 3. The van der Waals surface area contributed by atoms with Gasteiger partial charge in [-0.25, -0.2) is 0 Å². The standard InChI is InChI=1S/C13H23N3/c1-4-7-14-9-10-16(3)11-13-6-5-8-15-12(13)2/h5-6,8,14H,4,7,9-11H2,1-3H3. The van der Waals surface area contributed by atoms with E-state index in [0.717, 1.165) is 31.9 Å². The molecule has 90 valence electrons. The number of pyridine rings is 1. The van der Waals surface area contributed by atoms with Crippen molar-refractivity contribution in [2.45, 2.75) is 26.8 Å². The summed E-state index contributed by atoms with van der Waals surface area (Å²) in [4.78, 5) is 6.63. The van der Waals surface area contributed by atoms with Crippen molar-refractivity contribution in [2.24, 2.45) is 0 Å². The van der Waals surface area contributed by atoms with Crippen LogP contribution in [0.2, 0.25) is 0 Å². The first-order valence-corrected chi connectivity index (χ1v) is 6.03. The van der Waals surface area contributed by atoms with Crippen molar-refractivity contribution in [1.82, 2.24) is 15.2 Å². The highest BCUT2D eigenvalue weighted by molar-refractivity contribution is 5.17. The van der Waals surface area contributed by atoms with E-state index in [1.807, 2.05) is 12.3 Å². The largest absolute Gasteiger partial charge is 0.315 e. The first kappa shape index (κ1) is 13.1. The molecular weight excluding hydrogens is 198 g/mol. The van der Waals surface area contributed by atoms with E-state index >= 15 is 0 Å². The molecule has 0 aliphatic carbocycles. The number of rotatable bonds is 7. The SMILES string of the molecule is CCCNCCN(C)Cc1cccnc1C. The molecule has 3 nitrogen and oxygen atoms in total. The molecule has 0 aromatic carbocycles. The summed E-state index contributed by atoms with van der Waals surface area (Å²) in [5.74, 6) is 0. The topological polar surface area (TPSA) is 28.2 Å². The zero-order valence-corrected chi connectivity index (χ0v) is 10.7. The lowest BCUT2D eigenvalue weighted by Gasteiger charge is -2.17. The van der Waals surface area contributed by atoms with E-state index in [2.05, 4.69) is 42.2 Å². The summed E-state index contributed by atoms with van der Waals surface area (Å²) in [7, 11) is 2.15. The molecule has 0 atom stereocenters. The Kier molecular flexibility index (Phi) is 6.04. The third-order valence-corrected chi connectivity index (χ3v) is 2.65. The van der Waals surface area contributed by atoms with Gasteiger partial charge in [0.15, 0.2) is 0 Å². The average molecular weight is 221 g/mol. The van der Waals surface area contributed by atoms with Crippen molar-refractivity contribution in [3.05, 3.63) is 29.6 Å². The minimum absolute atomic E-state index is 0.980. The van der Waals surface area contributed by atoms with Gasteiger partial charge in [-0.2, -0.15) is 0 Å². The van der Waals surface area contributed by atoms with Crippen molar-refractivity contribution < 1.29 is 0 Å². The monoisotopic (exact) mass is 221 g/mol. The van der Waals surface area contributed by atoms with Gasteiger partial charge in [0.2, 0.25) is 0 Å². The number of aryl methyl sites for hydroxylation is 1. The predicted octanol–water partition coefficient (Wildman–Crippen LogP) is 1.82. The normalized spacial score (nSPS) is 11.0. The van der Waals surface area contributed by atoms with Gasteiger partial charge in [-0.1, -0.05) is 13.0 Å². The molecule has 3 heteroatoms. The van der Waals surface area contributed by atoms with E-state index in [1.165, 1.54) is 12.0 Å². The second-order valence-corrected chi connectivity index (χ2v) is 4.24. The highest BCUT2D eigenvalue weighted by Crippen LogP contribution is 2.05. The molecular formula is C13H23N3. The van der Waals surface area contributed by atoms with Crippen LogP contribution in [0.1, 0.15) is 24.6 Å². The van der Waals surface area contributed by atoms with Crippen LogP contribution in [0.3, 0.4) is 0 Å². The minimum atomic E-state index is 0.980. The summed E-state index contributed by atoms with van der Waals surface area (Å²) in [5, 5.41) is 3.41. The van der Waals surface area contributed by atoms with Gasteiger partial charge >= 0.3 is 0 Å². The first-order chi connectivity index (χ1) is 7.74. The minimum Gasteiger partial charge on any atom is -0.315 e. The third-order valence-electron chi connectivity index (χ3n) is 2.65. The predicted molar refractivity (Wildman–Crippen MR) is 68.5 cm³/mol. The lowest BCUT2D eigenvalue weighted by molar-refractivity contribution is 0.323. The molecule has 0 bridgehead atoms. The lowest BCUT2D eigenvalue weighted by Crippen LogP contribution is -2.29. The molecule has 0 radical (unpaired) electrons. The van der Waals surface area contributed by atoms with Crippen LogP contribution < -0.4 is 5.32 Å². The second-order valence-electron chi connectivity index (χ2n) is 4.24. The van der Waals surface area contributed by atoms with Crippen molar-refractivity contribution in [2.75, 3.05) is 26.7 Å². The van der Waals surface area contributed by atoms with Gasteiger partial charge in [0.25, 0.3) is 0 Å². The maximum atomic E-state index is 4.30. The fraction of sp³-hybridized carbons (Fsp3) is 0.615. The molecule has 0 saturated heterocycles. The number of likely N-dealkylation sites (N-methyl/N-ethyl adjacent to an activating group) is 1. The molecule has 0 saturated carbocycles. The summed E-state index contributed by atoms with van der Waals surface area (Å²) in [5.41, 5.74) is 2.45. The second kappa shape index (κ2) is 7.36. The summed E-state index contributed by atoms with van der Waals surface area (Å²) >= 11 is 0. The van der Waals surface area contributed by atoms with E-state index in [-0.39, 0.29) is 0 Å². The molecule has 0 fully saturated rings. The molecule has 0 aliphatic heterocycles. The Bertz CT molecular complexity index is 299. The smallest absolute Gasteiger partial charge is 0.0417 e. The molecule has 1 aromatic rings. The van der Waals surface area contributed by atoms with Crippen LogP contribution in [-0.2, 0) is 6.54 Å². The molecule has 1 N–H and O–H groups in total. The van der Waals surface area contributed by atoms with E-state index in [1.54, 1.807) is 0 Å². The van der Waals surface area contributed by atoms with Crippen LogP contribution in [0.5, 0.6) is 0 Å². The van der Waals surface area contributed by atoms with E-state index in [4.69, 9.17) is 0 Å². The molecule has 1 heterocycles. The van der Waals surface area contributed by atoms with Crippen LogP contribution in [0.15, 0.2) is 18.3 Å². The molecule has 0 amide bonds. The summed E-state index contributed by atoms with van der Waals surface area (Å²) in [6.07, 6.45) is 3.05. The molecule has 0 aliphatic rings. The van der Waals surface area contributed by atoms with E-state index in [9.17, 15) is 0 Å². The van der Waals surface area contributed by atoms with Gasteiger partial charge < -0.3 is 10.2 Å². The quantitative estimate of drug-likeness (QED) is 0.712. The van der Waals surface area contributed by atoms with Gasteiger partial charge in [0.1, 0.15) is 0 Å². The fourth-order valence-corrected chi connectivity index (χ4v) is 1.63. The highest BCUT2D eigenvalue weighted by atomic mass is 15.1. The summed E-state index contributed by atoms with van der Waals surface area (Å²) < 4.78 is 0. The maximum Gasteiger partial charge on any atom is 0.0417 e. The molecule has 1 aromatic heterocycles. The van der Waals surface area contributed by atoms with Gasteiger partial charge in [-0.15, -0.1) is 0 Å². The van der Waals surface area contributed by atoms with Crippen molar-refractivity contribution in [3.63, 3.8) is 0 Å². The number of aromatic nitrogens is 1. The molecule has 0 unspecified atom stereocenters. The van der Waals surface area contributed by atoms with E-state index in [0.29, 0.717) is 0 Å². The third kappa shape index (κ3) is 4.73. The average Bonchev–Trinajstić information content (AvgIpc) is 2.28. The van der Waals surface area contributed by atoms with Gasteiger partial charge in [-0.05, 0) is 38.6 Å². The fourth-order valence-electron chi connectivity index (χ4n) is 1.63. The van der Waals surface area contributed by atoms with Gasteiger partial charge in [-0.3, -0.25) is 4.98 Å².